The lowest BCUT2D eigenvalue weighted by atomic mass is 9.76. The number of aromatic nitrogens is 1. The summed E-state index contributed by atoms with van der Waals surface area (Å²) in [6, 6.07) is 18.7. The maximum atomic E-state index is 14.2. The maximum Gasteiger partial charge on any atom is 0.308 e. The Morgan fingerprint density at radius 3 is 2.55 bits per heavy atom. The highest BCUT2D eigenvalue weighted by Gasteiger charge is 2.70. The fourth-order valence-electron chi connectivity index (χ4n) is 6.59. The number of para-hydroxylation sites is 2. The average molecular weight is 555 g/mol. The van der Waals surface area contributed by atoms with Gasteiger partial charge < -0.3 is 15.0 Å². The first-order valence-electron chi connectivity index (χ1n) is 12.9. The van der Waals surface area contributed by atoms with E-state index in [2.05, 4.69) is 15.6 Å². The molecule has 0 saturated carbocycles. The van der Waals surface area contributed by atoms with Crippen molar-refractivity contribution >= 4 is 57.6 Å². The number of rotatable bonds is 4. The molecule has 40 heavy (non-hydrogen) atoms. The SMILES string of the molecule is CC(=O)Oc1ccc(N2C(=O)[C@@H]3[C@H](Cc4c[nH]c5ccccc45)N[C@]4(C(=O)Nc5c(Cl)cccc54)[C@@H]3C2=O)cc1. The minimum Gasteiger partial charge on any atom is -0.427 e. The summed E-state index contributed by atoms with van der Waals surface area (Å²) in [6.45, 7) is 1.29. The maximum absolute atomic E-state index is 14.2. The molecule has 0 aliphatic carbocycles. The number of benzene rings is 3. The van der Waals surface area contributed by atoms with Crippen LogP contribution < -0.4 is 20.3 Å². The first kappa shape index (κ1) is 24.6. The van der Waals surface area contributed by atoms with Crippen LogP contribution in [0.1, 0.15) is 18.1 Å². The van der Waals surface area contributed by atoms with Gasteiger partial charge in [0.25, 0.3) is 0 Å². The molecule has 4 atom stereocenters. The van der Waals surface area contributed by atoms with Gasteiger partial charge in [0.2, 0.25) is 17.7 Å². The predicted octanol–water partition coefficient (Wildman–Crippen LogP) is 3.91. The second-order valence-electron chi connectivity index (χ2n) is 10.3. The zero-order chi connectivity index (χ0) is 27.8. The van der Waals surface area contributed by atoms with Crippen LogP contribution in [-0.4, -0.2) is 34.7 Å². The molecule has 0 radical (unpaired) electrons. The Balaban J connectivity index is 1.34. The molecule has 3 aromatic carbocycles. The number of nitrogens with one attached hydrogen (secondary N) is 3. The third kappa shape index (κ3) is 3.38. The van der Waals surface area contributed by atoms with Crippen LogP contribution >= 0.6 is 11.6 Å². The van der Waals surface area contributed by atoms with E-state index in [-0.39, 0.29) is 0 Å². The molecule has 2 fully saturated rings. The summed E-state index contributed by atoms with van der Waals surface area (Å²) >= 11 is 6.45. The van der Waals surface area contributed by atoms with Crippen LogP contribution in [0.5, 0.6) is 5.75 Å². The number of hydrogen-bond donors (Lipinski definition) is 3. The normalized spacial score (nSPS) is 25.0. The Kier molecular flexibility index (Phi) is 5.39. The smallest absolute Gasteiger partial charge is 0.308 e. The first-order valence-corrected chi connectivity index (χ1v) is 13.3. The van der Waals surface area contributed by atoms with E-state index in [1.165, 1.54) is 19.1 Å². The first-order chi connectivity index (χ1) is 19.3. The molecule has 10 heteroatoms. The Morgan fingerprint density at radius 2 is 1.77 bits per heavy atom. The third-order valence-corrected chi connectivity index (χ3v) is 8.49. The average Bonchev–Trinajstić information content (AvgIpc) is 3.64. The van der Waals surface area contributed by atoms with Crippen molar-refractivity contribution in [1.29, 1.82) is 0 Å². The zero-order valence-corrected chi connectivity index (χ0v) is 22.0. The molecule has 3 aliphatic rings. The summed E-state index contributed by atoms with van der Waals surface area (Å²) < 4.78 is 5.11. The number of ether oxygens (including phenoxy) is 1. The Hall–Kier alpha value is -4.47. The highest BCUT2D eigenvalue weighted by Crippen LogP contribution is 2.55. The van der Waals surface area contributed by atoms with Crippen LogP contribution in [0.4, 0.5) is 11.4 Å². The number of hydrogen-bond acceptors (Lipinski definition) is 6. The quantitative estimate of drug-likeness (QED) is 0.200. The van der Waals surface area contributed by atoms with Gasteiger partial charge in [-0.2, -0.15) is 0 Å². The number of aromatic amines is 1. The number of fused-ring (bicyclic) bond motifs is 5. The van der Waals surface area contributed by atoms with Gasteiger partial charge in [0.05, 0.1) is 28.2 Å². The minimum absolute atomic E-state index is 0.296. The molecule has 4 heterocycles. The van der Waals surface area contributed by atoms with E-state index < -0.39 is 47.1 Å². The Labute approximate surface area is 233 Å². The van der Waals surface area contributed by atoms with Gasteiger partial charge in [0.1, 0.15) is 11.3 Å². The van der Waals surface area contributed by atoms with Gasteiger partial charge in [-0.25, -0.2) is 4.90 Å². The molecular formula is C30H23ClN4O5. The van der Waals surface area contributed by atoms with Gasteiger partial charge >= 0.3 is 5.97 Å². The summed E-state index contributed by atoms with van der Waals surface area (Å²) in [6.07, 6.45) is 2.31. The summed E-state index contributed by atoms with van der Waals surface area (Å²) in [5.74, 6) is -3.29. The molecule has 7 rings (SSSR count). The summed E-state index contributed by atoms with van der Waals surface area (Å²) in [5.41, 5.74) is 1.79. The van der Waals surface area contributed by atoms with Gasteiger partial charge in [0, 0.05) is 35.6 Å². The van der Waals surface area contributed by atoms with Crippen LogP contribution in [-0.2, 0) is 31.1 Å². The molecule has 2 saturated heterocycles. The van der Waals surface area contributed by atoms with Crippen LogP contribution in [0.2, 0.25) is 5.02 Å². The number of H-pyrrole nitrogens is 1. The molecule has 1 spiro atoms. The lowest BCUT2D eigenvalue weighted by Crippen LogP contribution is -2.53. The number of nitrogens with zero attached hydrogens (tertiary/aromatic N) is 1. The molecule has 0 unspecified atom stereocenters. The van der Waals surface area contributed by atoms with Crippen LogP contribution in [0.15, 0.2) is 72.9 Å². The van der Waals surface area contributed by atoms with E-state index in [4.69, 9.17) is 16.3 Å². The van der Waals surface area contributed by atoms with E-state index >= 15 is 0 Å². The van der Waals surface area contributed by atoms with Gasteiger partial charge in [-0.15, -0.1) is 0 Å². The van der Waals surface area contributed by atoms with Crippen molar-refractivity contribution in [2.75, 3.05) is 10.2 Å². The molecule has 0 bridgehead atoms. The summed E-state index contributed by atoms with van der Waals surface area (Å²) in [5, 5.41) is 7.69. The molecule has 1 aromatic heterocycles. The van der Waals surface area contributed by atoms with E-state index in [1.807, 2.05) is 30.5 Å². The highest BCUT2D eigenvalue weighted by molar-refractivity contribution is 6.35. The lowest BCUT2D eigenvalue weighted by Gasteiger charge is -2.29. The van der Waals surface area contributed by atoms with E-state index in [1.54, 1.807) is 30.3 Å². The summed E-state index contributed by atoms with van der Waals surface area (Å²) in [4.78, 5) is 57.8. The van der Waals surface area contributed by atoms with Crippen molar-refractivity contribution < 1.29 is 23.9 Å². The van der Waals surface area contributed by atoms with Gasteiger partial charge in [-0.1, -0.05) is 41.9 Å². The molecule has 3 N–H and O–H groups in total. The van der Waals surface area contributed by atoms with Gasteiger partial charge in [0.15, 0.2) is 0 Å². The van der Waals surface area contributed by atoms with Crippen molar-refractivity contribution in [3.8, 4) is 5.75 Å². The fourth-order valence-corrected chi connectivity index (χ4v) is 6.81. The molecule has 4 aromatic rings. The van der Waals surface area contributed by atoms with Gasteiger partial charge in [-0.3, -0.25) is 24.5 Å². The number of imide groups is 1. The number of esters is 1. The molecular weight excluding hydrogens is 532 g/mol. The predicted molar refractivity (Wildman–Crippen MR) is 148 cm³/mol. The highest BCUT2D eigenvalue weighted by atomic mass is 35.5. The van der Waals surface area contributed by atoms with Crippen LogP contribution in [0.25, 0.3) is 10.9 Å². The van der Waals surface area contributed by atoms with Crippen LogP contribution in [0.3, 0.4) is 0 Å². The summed E-state index contributed by atoms with van der Waals surface area (Å²) in [7, 11) is 0. The molecule has 9 nitrogen and oxygen atoms in total. The van der Waals surface area contributed by atoms with Crippen molar-refractivity contribution in [1.82, 2.24) is 10.3 Å². The largest absolute Gasteiger partial charge is 0.427 e. The second kappa shape index (κ2) is 8.77. The number of carbonyl (C=O) groups is 4. The van der Waals surface area contributed by atoms with E-state index in [0.29, 0.717) is 34.1 Å². The molecule has 3 aliphatic heterocycles. The monoisotopic (exact) mass is 554 g/mol. The Bertz CT molecular complexity index is 1750. The van der Waals surface area contributed by atoms with Crippen molar-refractivity contribution in [2.45, 2.75) is 24.9 Å². The number of anilines is 2. The number of halogens is 1. The van der Waals surface area contributed by atoms with Gasteiger partial charge in [-0.05, 0) is 48.4 Å². The minimum atomic E-state index is -1.47. The molecule has 3 amide bonds. The van der Waals surface area contributed by atoms with Crippen LogP contribution in [0, 0.1) is 11.8 Å². The third-order valence-electron chi connectivity index (χ3n) is 8.17. The number of carbonyl (C=O) groups excluding carboxylic acids is 4. The standard InChI is InChI=1S/C30H23ClN4O5/c1-15(36)40-18-11-9-17(10-12-18)35-27(37)24-23(13-16-14-32-22-8-3-2-5-19(16)22)34-30(25(24)28(35)38)20-6-4-7-21(31)26(20)33-29(30)39/h2-12,14,23-25,32,34H,13H2,1H3,(H,33,39)/t23-,24+,25-,30-/m0/s1. The fraction of sp³-hybridized carbons (Fsp3) is 0.200. The second-order valence-corrected chi connectivity index (χ2v) is 10.7. The topological polar surface area (TPSA) is 121 Å². The number of amides is 3. The van der Waals surface area contributed by atoms with E-state index in [9.17, 15) is 19.2 Å². The van der Waals surface area contributed by atoms with Crippen molar-refractivity contribution in [3.63, 3.8) is 0 Å². The molecule has 200 valence electrons. The Morgan fingerprint density at radius 1 is 1.00 bits per heavy atom. The van der Waals surface area contributed by atoms with Crippen molar-refractivity contribution in [3.05, 3.63) is 89.1 Å². The lowest BCUT2D eigenvalue weighted by molar-refractivity contribution is -0.132. The van der Waals surface area contributed by atoms with Crippen molar-refractivity contribution in [2.24, 2.45) is 11.8 Å². The zero-order valence-electron chi connectivity index (χ0n) is 21.2. The van der Waals surface area contributed by atoms with E-state index in [0.717, 1.165) is 21.4 Å².